The normalized spacial score (nSPS) is 11.5. The van der Waals surface area contributed by atoms with Crippen LogP contribution in [0.25, 0.3) is 22.1 Å². The van der Waals surface area contributed by atoms with Gasteiger partial charge >= 0.3 is 5.63 Å². The molecule has 0 unspecified atom stereocenters. The van der Waals surface area contributed by atoms with Crippen LogP contribution < -0.4 is 10.3 Å². The Kier molecular flexibility index (Phi) is 4.49. The van der Waals surface area contributed by atoms with E-state index in [4.69, 9.17) is 4.42 Å². The van der Waals surface area contributed by atoms with E-state index in [2.05, 4.69) is 4.72 Å². The fourth-order valence-electron chi connectivity index (χ4n) is 2.98. The quantitative estimate of drug-likeness (QED) is 0.553. The van der Waals surface area contributed by atoms with Crippen LogP contribution >= 0.6 is 0 Å². The van der Waals surface area contributed by atoms with Gasteiger partial charge in [-0.15, -0.1) is 0 Å². The first-order valence-electron chi connectivity index (χ1n) is 8.66. The number of nitrogens with one attached hydrogen (secondary N) is 1. The van der Waals surface area contributed by atoms with Crippen LogP contribution in [0.3, 0.4) is 0 Å². The van der Waals surface area contributed by atoms with E-state index in [1.54, 1.807) is 66.7 Å². The molecule has 3 aromatic carbocycles. The van der Waals surface area contributed by atoms with Crippen LogP contribution in [0.4, 0.5) is 5.69 Å². The molecule has 0 aliphatic carbocycles. The van der Waals surface area contributed by atoms with Crippen LogP contribution in [0.5, 0.6) is 0 Å². The third-order valence-electron chi connectivity index (χ3n) is 4.44. The van der Waals surface area contributed by atoms with Crippen LogP contribution in [0.1, 0.15) is 5.56 Å². The molecule has 0 saturated heterocycles. The summed E-state index contributed by atoms with van der Waals surface area (Å²) in [4.78, 5) is 12.5. The Morgan fingerprint density at radius 3 is 2.32 bits per heavy atom. The van der Waals surface area contributed by atoms with Crippen LogP contribution in [-0.4, -0.2) is 8.42 Å². The zero-order chi connectivity index (χ0) is 19.7. The number of hydrogen-bond donors (Lipinski definition) is 1. The second kappa shape index (κ2) is 6.98. The highest BCUT2D eigenvalue weighted by Gasteiger charge is 2.17. The predicted molar refractivity (Wildman–Crippen MR) is 110 cm³/mol. The number of fused-ring (bicyclic) bond motifs is 1. The van der Waals surface area contributed by atoms with Gasteiger partial charge in [0.25, 0.3) is 10.0 Å². The van der Waals surface area contributed by atoms with Crippen LogP contribution in [0.15, 0.2) is 93.0 Å². The molecule has 6 heteroatoms. The molecule has 0 spiro atoms. The highest BCUT2D eigenvalue weighted by atomic mass is 32.2. The van der Waals surface area contributed by atoms with E-state index >= 15 is 0 Å². The van der Waals surface area contributed by atoms with Crippen molar-refractivity contribution < 1.29 is 12.8 Å². The largest absolute Gasteiger partial charge is 0.422 e. The first-order valence-corrected chi connectivity index (χ1v) is 10.1. The van der Waals surface area contributed by atoms with Crippen molar-refractivity contribution in [3.8, 4) is 11.3 Å². The van der Waals surface area contributed by atoms with E-state index in [9.17, 15) is 13.2 Å². The number of hydrogen-bond acceptors (Lipinski definition) is 4. The topological polar surface area (TPSA) is 76.4 Å². The molecule has 0 aliphatic heterocycles. The lowest BCUT2D eigenvalue weighted by atomic mass is 10.1. The van der Waals surface area contributed by atoms with E-state index in [1.165, 1.54) is 0 Å². The molecule has 1 aromatic heterocycles. The first kappa shape index (κ1) is 18.0. The number of rotatable bonds is 4. The van der Waals surface area contributed by atoms with Gasteiger partial charge in [0, 0.05) is 5.56 Å². The standard InChI is InChI=1S/C22H17NO4S/c1-15-10-12-17(13-11-15)28(25,26)23-20-9-5-4-8-19(20)21-14-16-6-2-3-7-18(16)22(24)27-21/h2-14,23H,1H3. The summed E-state index contributed by atoms with van der Waals surface area (Å²) in [6.07, 6.45) is 0. The molecule has 140 valence electrons. The van der Waals surface area contributed by atoms with Gasteiger partial charge in [-0.1, -0.05) is 48.0 Å². The van der Waals surface area contributed by atoms with E-state index in [-0.39, 0.29) is 4.90 Å². The fraction of sp³-hybridized carbons (Fsp3) is 0.0455. The van der Waals surface area contributed by atoms with Gasteiger partial charge in [-0.25, -0.2) is 13.2 Å². The van der Waals surface area contributed by atoms with Crippen molar-refractivity contribution in [2.24, 2.45) is 0 Å². The molecule has 4 rings (SSSR count). The molecular formula is C22H17NO4S. The van der Waals surface area contributed by atoms with Gasteiger partial charge in [-0.3, -0.25) is 4.72 Å². The second-order valence-electron chi connectivity index (χ2n) is 6.45. The van der Waals surface area contributed by atoms with Gasteiger partial charge in [0.1, 0.15) is 5.76 Å². The lowest BCUT2D eigenvalue weighted by molar-refractivity contribution is 0.535. The molecule has 0 bridgehead atoms. The molecule has 0 amide bonds. The van der Waals surface area contributed by atoms with Crippen molar-refractivity contribution >= 4 is 26.5 Å². The molecule has 0 saturated carbocycles. The number of sulfonamides is 1. The Hall–Kier alpha value is -3.38. The number of anilines is 1. The lowest BCUT2D eigenvalue weighted by Crippen LogP contribution is -2.13. The van der Waals surface area contributed by atoms with Crippen molar-refractivity contribution in [2.45, 2.75) is 11.8 Å². The predicted octanol–water partition coefficient (Wildman–Crippen LogP) is 4.57. The molecule has 4 aromatic rings. The molecule has 0 fully saturated rings. The average molecular weight is 391 g/mol. The van der Waals surface area contributed by atoms with Crippen molar-refractivity contribution in [1.29, 1.82) is 0 Å². The SMILES string of the molecule is Cc1ccc(S(=O)(=O)Nc2ccccc2-c2cc3ccccc3c(=O)o2)cc1. The maximum absolute atomic E-state index is 12.8. The second-order valence-corrected chi connectivity index (χ2v) is 8.13. The highest BCUT2D eigenvalue weighted by Crippen LogP contribution is 2.30. The van der Waals surface area contributed by atoms with Crippen LogP contribution in [0.2, 0.25) is 0 Å². The summed E-state index contributed by atoms with van der Waals surface area (Å²) in [6, 6.07) is 22.2. The summed E-state index contributed by atoms with van der Waals surface area (Å²) in [7, 11) is -3.78. The Bertz CT molecular complexity index is 1320. The molecule has 1 heterocycles. The summed E-state index contributed by atoms with van der Waals surface area (Å²) >= 11 is 0. The minimum absolute atomic E-state index is 0.160. The molecule has 0 radical (unpaired) electrons. The van der Waals surface area contributed by atoms with Gasteiger partial charge in [0.05, 0.1) is 16.0 Å². The van der Waals surface area contributed by atoms with E-state index in [1.807, 2.05) is 19.1 Å². The zero-order valence-electron chi connectivity index (χ0n) is 15.0. The molecule has 0 aliphatic rings. The average Bonchev–Trinajstić information content (AvgIpc) is 2.68. The van der Waals surface area contributed by atoms with Gasteiger partial charge < -0.3 is 4.42 Å². The fourth-order valence-corrected chi connectivity index (χ4v) is 4.05. The van der Waals surface area contributed by atoms with Crippen molar-refractivity contribution in [1.82, 2.24) is 0 Å². The Morgan fingerprint density at radius 2 is 1.54 bits per heavy atom. The summed E-state index contributed by atoms with van der Waals surface area (Å²) in [5.41, 5.74) is 1.32. The molecule has 0 atom stereocenters. The number of para-hydroxylation sites is 1. The van der Waals surface area contributed by atoms with Gasteiger partial charge in [0.2, 0.25) is 0 Å². The molecule has 5 nitrogen and oxygen atoms in total. The zero-order valence-corrected chi connectivity index (χ0v) is 15.9. The summed E-state index contributed by atoms with van der Waals surface area (Å²) in [5.74, 6) is 0.297. The van der Waals surface area contributed by atoms with Gasteiger partial charge in [0.15, 0.2) is 0 Å². The number of aryl methyl sites for hydroxylation is 1. The summed E-state index contributed by atoms with van der Waals surface area (Å²) in [6.45, 7) is 1.89. The van der Waals surface area contributed by atoms with Crippen molar-refractivity contribution in [3.05, 3.63) is 94.8 Å². The molecule has 1 N–H and O–H groups in total. The van der Waals surface area contributed by atoms with E-state index in [0.717, 1.165) is 10.9 Å². The maximum atomic E-state index is 12.8. The number of benzene rings is 3. The van der Waals surface area contributed by atoms with Gasteiger partial charge in [-0.05, 0) is 48.7 Å². The minimum Gasteiger partial charge on any atom is -0.422 e. The summed E-state index contributed by atoms with van der Waals surface area (Å²) < 4.78 is 33.6. The minimum atomic E-state index is -3.78. The van der Waals surface area contributed by atoms with Crippen LogP contribution in [-0.2, 0) is 10.0 Å². The third-order valence-corrected chi connectivity index (χ3v) is 5.82. The lowest BCUT2D eigenvalue weighted by Gasteiger charge is -2.12. The monoisotopic (exact) mass is 391 g/mol. The van der Waals surface area contributed by atoms with E-state index < -0.39 is 15.6 Å². The highest BCUT2D eigenvalue weighted by molar-refractivity contribution is 7.92. The summed E-state index contributed by atoms with van der Waals surface area (Å²) in [5, 5.41) is 1.20. The van der Waals surface area contributed by atoms with Crippen LogP contribution in [0, 0.1) is 6.92 Å². The third kappa shape index (κ3) is 3.42. The van der Waals surface area contributed by atoms with Crippen molar-refractivity contribution in [3.63, 3.8) is 0 Å². The Balaban J connectivity index is 1.80. The van der Waals surface area contributed by atoms with Crippen molar-refractivity contribution in [2.75, 3.05) is 4.72 Å². The molecular weight excluding hydrogens is 374 g/mol. The maximum Gasteiger partial charge on any atom is 0.344 e. The van der Waals surface area contributed by atoms with Gasteiger partial charge in [-0.2, -0.15) is 0 Å². The smallest absolute Gasteiger partial charge is 0.344 e. The van der Waals surface area contributed by atoms with E-state index in [0.29, 0.717) is 22.4 Å². The molecule has 28 heavy (non-hydrogen) atoms. The Labute approximate surface area is 162 Å². The Morgan fingerprint density at radius 1 is 0.857 bits per heavy atom. The first-order chi connectivity index (χ1) is 13.4.